The molecule has 0 radical (unpaired) electrons. The number of allylic oxidation sites excluding steroid dienone is 18. The van der Waals surface area contributed by atoms with E-state index in [1.807, 2.05) is 0 Å². The maximum absolute atomic E-state index is 12.9. The van der Waals surface area contributed by atoms with E-state index in [2.05, 4.69) is 130 Å². The smallest absolute Gasteiger partial charge is 0.462 e. The fraction of sp³-hybridized carbons (Fsp3) is 0.672. The van der Waals surface area contributed by atoms with Crippen molar-refractivity contribution in [2.24, 2.45) is 0 Å². The highest BCUT2D eigenvalue weighted by Crippen LogP contribution is 2.43. The molecule has 0 aliphatic rings. The highest BCUT2D eigenvalue weighted by molar-refractivity contribution is 7.47. The van der Waals surface area contributed by atoms with Crippen LogP contribution in [0.1, 0.15) is 239 Å². The van der Waals surface area contributed by atoms with Crippen molar-refractivity contribution in [2.75, 3.05) is 26.4 Å². The van der Waals surface area contributed by atoms with E-state index in [9.17, 15) is 28.9 Å². The predicted octanol–water partition coefficient (Wildman–Crippen LogP) is 17.8. The molecule has 0 spiro atoms. The maximum Gasteiger partial charge on any atom is 0.472 e. The van der Waals surface area contributed by atoms with Crippen molar-refractivity contribution < 1.29 is 52.2 Å². The van der Waals surface area contributed by atoms with E-state index in [4.69, 9.17) is 23.3 Å². The van der Waals surface area contributed by atoms with Crippen molar-refractivity contribution in [3.8, 4) is 0 Å². The fourth-order valence-corrected chi connectivity index (χ4v) is 8.47. The Bertz CT molecular complexity index is 1690. The van der Waals surface area contributed by atoms with Crippen LogP contribution < -0.4 is 0 Å². The van der Waals surface area contributed by atoms with Crippen molar-refractivity contribution in [3.05, 3.63) is 109 Å². The van der Waals surface area contributed by atoms with Gasteiger partial charge in [0.1, 0.15) is 12.7 Å². The van der Waals surface area contributed by atoms with E-state index >= 15 is 0 Å². The lowest BCUT2D eigenvalue weighted by Gasteiger charge is -2.21. The summed E-state index contributed by atoms with van der Waals surface area (Å²) in [5.74, 6) is -1.52. The van der Waals surface area contributed by atoms with Crippen LogP contribution in [0.5, 0.6) is 0 Å². The Balaban J connectivity index is 4.80. The SMILES string of the molecule is CC/C=C\C/C=C\C/C=C\C/C=C\CCCCCCC(=O)OCC(COP(=O)(O)OCC(CO)OC(=O)CCCCCCC/C=C\C/C=C\CCCCC)OC(=O)CCCCCCCCC/C=C\C/C=C\C/C=C\CC. The van der Waals surface area contributed by atoms with E-state index in [1.54, 1.807) is 0 Å². The molecule has 0 aliphatic heterocycles. The summed E-state index contributed by atoms with van der Waals surface area (Å²) in [5.41, 5.74) is 0. The molecule has 0 bridgehead atoms. The number of carbonyl (C=O) groups excluding carboxylic acids is 3. The number of carbonyl (C=O) groups is 3. The predicted molar refractivity (Wildman–Crippen MR) is 316 cm³/mol. The molecule has 0 rings (SSSR count). The largest absolute Gasteiger partial charge is 0.472 e. The van der Waals surface area contributed by atoms with Gasteiger partial charge in [-0.3, -0.25) is 23.4 Å². The number of phosphoric acid groups is 1. The lowest BCUT2D eigenvalue weighted by atomic mass is 10.1. The first kappa shape index (κ1) is 72.1. The highest BCUT2D eigenvalue weighted by atomic mass is 31.2. The summed E-state index contributed by atoms with van der Waals surface area (Å²) in [6.45, 7) is 4.34. The number of aliphatic hydroxyl groups excluding tert-OH is 1. The summed E-state index contributed by atoms with van der Waals surface area (Å²) in [5, 5.41) is 9.83. The Morgan fingerprint density at radius 1 is 0.382 bits per heavy atom. The van der Waals surface area contributed by atoms with Crippen LogP contribution in [-0.4, -0.2) is 66.5 Å². The average molecular weight is 1080 g/mol. The van der Waals surface area contributed by atoms with E-state index in [0.717, 1.165) is 154 Å². The third-order valence-electron chi connectivity index (χ3n) is 12.2. The van der Waals surface area contributed by atoms with Gasteiger partial charge in [0.25, 0.3) is 0 Å². The van der Waals surface area contributed by atoms with Gasteiger partial charge in [-0.1, -0.05) is 207 Å². The molecule has 11 nitrogen and oxygen atoms in total. The van der Waals surface area contributed by atoms with Crippen molar-refractivity contribution in [1.29, 1.82) is 0 Å². The van der Waals surface area contributed by atoms with Crippen molar-refractivity contribution in [1.82, 2.24) is 0 Å². The molecular formula is C64H107O11P. The van der Waals surface area contributed by atoms with Crippen molar-refractivity contribution in [3.63, 3.8) is 0 Å². The second kappa shape index (κ2) is 57.3. The summed E-state index contributed by atoms with van der Waals surface area (Å²) in [4.78, 5) is 48.6. The van der Waals surface area contributed by atoms with Crippen LogP contribution in [0.2, 0.25) is 0 Å². The van der Waals surface area contributed by atoms with E-state index < -0.39 is 57.8 Å². The first-order chi connectivity index (χ1) is 37.2. The first-order valence-corrected chi connectivity index (χ1v) is 31.3. The molecule has 0 amide bonds. The molecule has 0 aromatic heterocycles. The molecule has 0 heterocycles. The second-order valence-corrected chi connectivity index (χ2v) is 20.8. The number of hydrogen-bond donors (Lipinski definition) is 2. The van der Waals surface area contributed by atoms with Gasteiger partial charge in [-0.15, -0.1) is 0 Å². The Labute approximate surface area is 463 Å². The average Bonchev–Trinajstić information content (AvgIpc) is 3.41. The number of hydrogen-bond acceptors (Lipinski definition) is 10. The topological polar surface area (TPSA) is 155 Å². The fourth-order valence-electron chi connectivity index (χ4n) is 7.69. The number of aliphatic hydroxyl groups is 1. The monoisotopic (exact) mass is 1080 g/mol. The minimum atomic E-state index is -4.77. The normalized spacial score (nSPS) is 14.1. The highest BCUT2D eigenvalue weighted by Gasteiger charge is 2.28. The van der Waals surface area contributed by atoms with Gasteiger partial charge < -0.3 is 24.2 Å². The Hall–Kier alpha value is -3.86. The molecular weight excluding hydrogens is 976 g/mol. The third kappa shape index (κ3) is 54.9. The third-order valence-corrected chi connectivity index (χ3v) is 13.1. The van der Waals surface area contributed by atoms with E-state index in [0.29, 0.717) is 19.3 Å². The molecule has 3 unspecified atom stereocenters. The van der Waals surface area contributed by atoms with Crippen LogP contribution in [0.25, 0.3) is 0 Å². The molecule has 0 saturated carbocycles. The van der Waals surface area contributed by atoms with Crippen LogP contribution in [-0.2, 0) is 42.2 Å². The summed E-state index contributed by atoms with van der Waals surface area (Å²) in [7, 11) is -4.77. The number of rotatable bonds is 54. The summed E-state index contributed by atoms with van der Waals surface area (Å²) in [6.07, 6.45) is 68.9. The van der Waals surface area contributed by atoms with E-state index in [-0.39, 0.29) is 25.9 Å². The molecule has 434 valence electrons. The van der Waals surface area contributed by atoms with Crippen LogP contribution in [0.15, 0.2) is 109 Å². The number of unbranched alkanes of at least 4 members (excludes halogenated alkanes) is 19. The second-order valence-electron chi connectivity index (χ2n) is 19.4. The lowest BCUT2D eigenvalue weighted by Crippen LogP contribution is -2.30. The van der Waals surface area contributed by atoms with Gasteiger partial charge in [-0.25, -0.2) is 4.57 Å². The van der Waals surface area contributed by atoms with Gasteiger partial charge >= 0.3 is 25.7 Å². The van der Waals surface area contributed by atoms with Crippen LogP contribution >= 0.6 is 7.82 Å². The molecule has 3 atom stereocenters. The maximum atomic E-state index is 12.9. The molecule has 0 aromatic carbocycles. The molecule has 2 N–H and O–H groups in total. The Morgan fingerprint density at radius 3 is 1.05 bits per heavy atom. The van der Waals surface area contributed by atoms with Gasteiger partial charge in [0.05, 0.1) is 19.8 Å². The molecule has 76 heavy (non-hydrogen) atoms. The van der Waals surface area contributed by atoms with Crippen LogP contribution in [0.4, 0.5) is 0 Å². The minimum absolute atomic E-state index is 0.144. The summed E-state index contributed by atoms with van der Waals surface area (Å²) in [6, 6.07) is 0. The number of esters is 3. The number of phosphoric ester groups is 1. The van der Waals surface area contributed by atoms with Gasteiger partial charge in [-0.05, 0) is 122 Å². The van der Waals surface area contributed by atoms with Crippen molar-refractivity contribution >= 4 is 25.7 Å². The Kier molecular flexibility index (Phi) is 54.4. The first-order valence-electron chi connectivity index (χ1n) is 29.8. The Morgan fingerprint density at radius 2 is 0.684 bits per heavy atom. The standard InChI is InChI=1S/C64H107O11P/c1-4-7-10-13-16-19-22-25-28-30-33-35-38-41-44-47-50-53-62(66)71-57-61(75-64(68)55-52-49-46-43-40-37-34-31-29-26-23-20-17-14-11-8-5-2)59-73-76(69,70)72-58-60(56-65)74-63(67)54-51-48-45-42-39-36-32-27-24-21-18-15-12-9-6-3/h7-8,10-11,16-21,25-29,32-33,35,60-61,65H,4-6,9,12-15,22-24,30-31,34,36-59H2,1-3H3,(H,69,70)/b10-7-,11-8-,19-16-,20-17-,21-18-,28-25-,29-26-,32-27-,35-33-. The van der Waals surface area contributed by atoms with Gasteiger partial charge in [0.2, 0.25) is 0 Å². The molecule has 0 aromatic rings. The lowest BCUT2D eigenvalue weighted by molar-refractivity contribution is -0.161. The van der Waals surface area contributed by atoms with E-state index in [1.165, 1.54) is 25.7 Å². The van der Waals surface area contributed by atoms with Gasteiger partial charge in [0.15, 0.2) is 6.10 Å². The van der Waals surface area contributed by atoms with Crippen molar-refractivity contribution in [2.45, 2.75) is 251 Å². The zero-order valence-corrected chi connectivity index (χ0v) is 48.8. The zero-order valence-electron chi connectivity index (χ0n) is 47.9. The molecule has 0 aliphatic carbocycles. The van der Waals surface area contributed by atoms with Gasteiger partial charge in [0, 0.05) is 19.3 Å². The van der Waals surface area contributed by atoms with Crippen LogP contribution in [0, 0.1) is 0 Å². The minimum Gasteiger partial charge on any atom is -0.462 e. The number of ether oxygens (including phenoxy) is 3. The molecule has 0 saturated heterocycles. The summed E-state index contributed by atoms with van der Waals surface area (Å²) >= 11 is 0. The zero-order chi connectivity index (χ0) is 55.5. The van der Waals surface area contributed by atoms with Gasteiger partial charge in [-0.2, -0.15) is 0 Å². The molecule has 0 fully saturated rings. The quantitative estimate of drug-likeness (QED) is 0.0197. The molecule has 12 heteroatoms. The summed E-state index contributed by atoms with van der Waals surface area (Å²) < 4.78 is 39.5. The van der Waals surface area contributed by atoms with Crippen LogP contribution in [0.3, 0.4) is 0 Å².